The quantitative estimate of drug-likeness (QED) is 0.488. The SMILES string of the molecule is COc1ccc(-c2cn(C3OC(CO)[C@@H](O)[C@@]3(C)O)c3ncnc(N)c23)cn1. The predicted octanol–water partition coefficient (Wildman–Crippen LogP) is 0.0857. The summed E-state index contributed by atoms with van der Waals surface area (Å²) in [6.45, 7) is 1.02. The Morgan fingerprint density at radius 1 is 1.32 bits per heavy atom. The first-order valence-electron chi connectivity index (χ1n) is 8.66. The van der Waals surface area contributed by atoms with Crippen LogP contribution in [0.5, 0.6) is 5.88 Å². The zero-order chi connectivity index (χ0) is 20.1. The molecule has 0 bridgehead atoms. The topological polar surface area (TPSA) is 149 Å². The number of rotatable bonds is 4. The van der Waals surface area contributed by atoms with Crippen LogP contribution in [0.3, 0.4) is 0 Å². The van der Waals surface area contributed by atoms with Crippen LogP contribution < -0.4 is 10.5 Å². The number of methoxy groups -OCH3 is 1. The number of nitrogens with two attached hydrogens (primary N) is 1. The zero-order valence-corrected chi connectivity index (χ0v) is 15.4. The Labute approximate surface area is 160 Å². The molecular weight excluding hydrogens is 366 g/mol. The smallest absolute Gasteiger partial charge is 0.212 e. The first-order valence-corrected chi connectivity index (χ1v) is 8.66. The lowest BCUT2D eigenvalue weighted by Crippen LogP contribution is -2.44. The lowest BCUT2D eigenvalue weighted by Gasteiger charge is -2.27. The van der Waals surface area contributed by atoms with Crippen LogP contribution >= 0.6 is 0 Å². The molecule has 10 nitrogen and oxygen atoms in total. The maximum Gasteiger partial charge on any atom is 0.212 e. The van der Waals surface area contributed by atoms with Gasteiger partial charge in [0, 0.05) is 29.6 Å². The van der Waals surface area contributed by atoms with Gasteiger partial charge in [-0.2, -0.15) is 0 Å². The van der Waals surface area contributed by atoms with Crippen LogP contribution in [0.1, 0.15) is 13.2 Å². The van der Waals surface area contributed by atoms with Gasteiger partial charge in [-0.15, -0.1) is 0 Å². The average molecular weight is 387 g/mol. The van der Waals surface area contributed by atoms with Gasteiger partial charge in [0.25, 0.3) is 0 Å². The fourth-order valence-electron chi connectivity index (χ4n) is 3.56. The third-order valence-electron chi connectivity index (χ3n) is 5.08. The van der Waals surface area contributed by atoms with Crippen molar-refractivity contribution >= 4 is 16.9 Å². The fourth-order valence-corrected chi connectivity index (χ4v) is 3.56. The Bertz CT molecular complexity index is 1000. The van der Waals surface area contributed by atoms with Gasteiger partial charge >= 0.3 is 0 Å². The molecular formula is C18H21N5O5. The summed E-state index contributed by atoms with van der Waals surface area (Å²) in [7, 11) is 1.53. The Morgan fingerprint density at radius 2 is 2.11 bits per heavy atom. The first-order chi connectivity index (χ1) is 13.4. The Morgan fingerprint density at radius 3 is 2.71 bits per heavy atom. The fraction of sp³-hybridized carbons (Fsp3) is 0.389. The van der Waals surface area contributed by atoms with Crippen molar-refractivity contribution in [1.29, 1.82) is 0 Å². The lowest BCUT2D eigenvalue weighted by molar-refractivity contribution is -0.0948. The minimum absolute atomic E-state index is 0.256. The van der Waals surface area contributed by atoms with E-state index in [-0.39, 0.29) is 5.82 Å². The number of hydrogen-bond donors (Lipinski definition) is 4. The molecule has 4 rings (SSSR count). The highest BCUT2D eigenvalue weighted by Crippen LogP contribution is 2.42. The van der Waals surface area contributed by atoms with E-state index in [2.05, 4.69) is 15.0 Å². The molecule has 0 spiro atoms. The van der Waals surface area contributed by atoms with Gasteiger partial charge < -0.3 is 35.1 Å². The number of fused-ring (bicyclic) bond motifs is 1. The van der Waals surface area contributed by atoms with Crippen LogP contribution in [0.2, 0.25) is 0 Å². The largest absolute Gasteiger partial charge is 0.481 e. The molecule has 0 aliphatic carbocycles. The molecule has 0 saturated carbocycles. The molecule has 0 aromatic carbocycles. The monoisotopic (exact) mass is 387 g/mol. The summed E-state index contributed by atoms with van der Waals surface area (Å²) >= 11 is 0. The molecule has 0 amide bonds. The van der Waals surface area contributed by atoms with E-state index in [4.69, 9.17) is 15.2 Å². The van der Waals surface area contributed by atoms with E-state index >= 15 is 0 Å². The van der Waals surface area contributed by atoms with E-state index in [1.165, 1.54) is 20.4 Å². The van der Waals surface area contributed by atoms with E-state index in [1.54, 1.807) is 23.0 Å². The van der Waals surface area contributed by atoms with Crippen molar-refractivity contribution in [3.8, 4) is 17.0 Å². The summed E-state index contributed by atoms with van der Waals surface area (Å²) in [4.78, 5) is 12.6. The van der Waals surface area contributed by atoms with Gasteiger partial charge in [-0.1, -0.05) is 0 Å². The van der Waals surface area contributed by atoms with Gasteiger partial charge in [-0.25, -0.2) is 15.0 Å². The first kappa shape index (κ1) is 18.6. The minimum Gasteiger partial charge on any atom is -0.481 e. The van der Waals surface area contributed by atoms with Crippen LogP contribution in [0, 0.1) is 0 Å². The second kappa shape index (κ2) is 6.67. The molecule has 3 aromatic rings. The van der Waals surface area contributed by atoms with Gasteiger partial charge in [0.1, 0.15) is 35.6 Å². The maximum atomic E-state index is 10.8. The molecule has 1 aliphatic heterocycles. The highest BCUT2D eigenvalue weighted by Gasteiger charge is 2.53. The van der Waals surface area contributed by atoms with Crippen LogP contribution in [0.4, 0.5) is 5.82 Å². The molecule has 3 aromatic heterocycles. The van der Waals surface area contributed by atoms with Crippen molar-refractivity contribution in [2.45, 2.75) is 31.0 Å². The van der Waals surface area contributed by atoms with Gasteiger partial charge in [0.05, 0.1) is 19.1 Å². The molecule has 2 unspecified atom stereocenters. The average Bonchev–Trinajstić information content (AvgIpc) is 3.18. The standard InChI is InChI=1S/C18H21N5O5/c1-18(26)14(25)11(7-24)28-17(18)23-6-10(9-3-4-12(27-2)20-5-9)13-15(19)21-8-22-16(13)23/h3-6,8,11,14,17,24-26H,7H2,1-2H3,(H2,19,21,22)/t11?,14-,17?,18-/m1/s1. The normalized spacial score (nSPS) is 27.4. The van der Waals surface area contributed by atoms with Gasteiger partial charge in [-0.05, 0) is 13.0 Å². The van der Waals surface area contributed by atoms with Crippen molar-refractivity contribution < 1.29 is 24.8 Å². The van der Waals surface area contributed by atoms with Gasteiger partial charge in [-0.3, -0.25) is 0 Å². The van der Waals surface area contributed by atoms with E-state index in [0.29, 0.717) is 22.5 Å². The number of pyridine rings is 1. The summed E-state index contributed by atoms with van der Waals surface area (Å²) < 4.78 is 12.4. The number of aliphatic hydroxyl groups excluding tert-OH is 2. The van der Waals surface area contributed by atoms with Crippen molar-refractivity contribution in [2.24, 2.45) is 0 Å². The Balaban J connectivity index is 1.90. The minimum atomic E-state index is -1.66. The molecule has 1 fully saturated rings. The zero-order valence-electron chi connectivity index (χ0n) is 15.4. The van der Waals surface area contributed by atoms with E-state index in [1.807, 2.05) is 6.07 Å². The van der Waals surface area contributed by atoms with Crippen molar-refractivity contribution in [2.75, 3.05) is 19.5 Å². The van der Waals surface area contributed by atoms with Crippen LogP contribution in [0.15, 0.2) is 30.9 Å². The summed E-state index contributed by atoms with van der Waals surface area (Å²) in [6, 6.07) is 3.53. The van der Waals surface area contributed by atoms with Gasteiger partial charge in [0.15, 0.2) is 6.23 Å². The molecule has 4 heterocycles. The molecule has 1 saturated heterocycles. The van der Waals surface area contributed by atoms with Crippen LogP contribution in [-0.2, 0) is 4.74 Å². The highest BCUT2D eigenvalue weighted by atomic mass is 16.6. The summed E-state index contributed by atoms with van der Waals surface area (Å²) in [5.41, 5.74) is 6.30. The molecule has 148 valence electrons. The van der Waals surface area contributed by atoms with Crippen molar-refractivity contribution in [3.05, 3.63) is 30.9 Å². The molecule has 1 aliphatic rings. The number of anilines is 1. The van der Waals surface area contributed by atoms with Gasteiger partial charge in [0.2, 0.25) is 5.88 Å². The molecule has 4 atom stereocenters. The molecule has 10 heteroatoms. The molecule has 28 heavy (non-hydrogen) atoms. The summed E-state index contributed by atoms with van der Waals surface area (Å²) in [5, 5.41) is 31.2. The van der Waals surface area contributed by atoms with E-state index in [9.17, 15) is 15.3 Å². The maximum absolute atomic E-state index is 10.8. The summed E-state index contributed by atoms with van der Waals surface area (Å²) in [6.07, 6.45) is 1.46. The molecule has 0 radical (unpaired) electrons. The third-order valence-corrected chi connectivity index (χ3v) is 5.08. The number of nitrogens with zero attached hydrogens (tertiary/aromatic N) is 4. The van der Waals surface area contributed by atoms with Crippen LogP contribution in [0.25, 0.3) is 22.2 Å². The number of ether oxygens (including phenoxy) is 2. The lowest BCUT2D eigenvalue weighted by atomic mass is 9.96. The predicted molar refractivity (Wildman–Crippen MR) is 99.3 cm³/mol. The van der Waals surface area contributed by atoms with Crippen LogP contribution in [-0.4, -0.2) is 66.4 Å². The second-order valence-corrected chi connectivity index (χ2v) is 6.88. The number of aromatic nitrogens is 4. The number of hydrogen-bond acceptors (Lipinski definition) is 9. The van der Waals surface area contributed by atoms with Crippen molar-refractivity contribution in [3.63, 3.8) is 0 Å². The number of nitrogen functional groups attached to an aromatic ring is 1. The number of aliphatic hydroxyl groups is 3. The second-order valence-electron chi connectivity index (χ2n) is 6.88. The Kier molecular flexibility index (Phi) is 4.42. The summed E-state index contributed by atoms with van der Waals surface area (Å²) in [5.74, 6) is 0.721. The van der Waals surface area contributed by atoms with E-state index < -0.39 is 30.6 Å². The molecule has 5 N–H and O–H groups in total. The highest BCUT2D eigenvalue weighted by molar-refractivity contribution is 6.00. The third kappa shape index (κ3) is 2.69. The van der Waals surface area contributed by atoms with Crippen molar-refractivity contribution in [1.82, 2.24) is 19.5 Å². The van der Waals surface area contributed by atoms with E-state index in [0.717, 1.165) is 5.56 Å². The Hall–Kier alpha value is -2.79.